The lowest BCUT2D eigenvalue weighted by molar-refractivity contribution is -0.130. The van der Waals surface area contributed by atoms with Gasteiger partial charge >= 0.3 is 0 Å². The Balaban J connectivity index is 2.71. The van der Waals surface area contributed by atoms with Crippen LogP contribution in [0.15, 0.2) is 29.2 Å². The Labute approximate surface area is 127 Å². The van der Waals surface area contributed by atoms with Crippen molar-refractivity contribution in [1.29, 1.82) is 0 Å². The van der Waals surface area contributed by atoms with E-state index in [4.69, 9.17) is 0 Å². The summed E-state index contributed by atoms with van der Waals surface area (Å²) in [6.45, 7) is 7.31. The zero-order valence-electron chi connectivity index (χ0n) is 12.9. The van der Waals surface area contributed by atoms with E-state index in [9.17, 15) is 13.2 Å². The van der Waals surface area contributed by atoms with Crippen LogP contribution in [0.25, 0.3) is 0 Å². The molecular weight excluding hydrogens is 288 g/mol. The molecule has 0 aliphatic heterocycles. The van der Waals surface area contributed by atoms with Gasteiger partial charge in [-0.1, -0.05) is 19.1 Å². The van der Waals surface area contributed by atoms with Gasteiger partial charge in [0.2, 0.25) is 5.91 Å². The molecule has 1 N–H and O–H groups in total. The molecule has 118 valence electrons. The second kappa shape index (κ2) is 8.02. The van der Waals surface area contributed by atoms with Crippen molar-refractivity contribution in [3.63, 3.8) is 0 Å². The monoisotopic (exact) mass is 312 g/mol. The average Bonchev–Trinajstić information content (AvgIpc) is 2.49. The molecule has 1 rings (SSSR count). The van der Waals surface area contributed by atoms with Crippen LogP contribution in [0.4, 0.5) is 5.69 Å². The summed E-state index contributed by atoms with van der Waals surface area (Å²) in [6.07, 6.45) is 0.349. The van der Waals surface area contributed by atoms with Crippen LogP contribution in [-0.4, -0.2) is 44.6 Å². The molecular formula is C15H24N2O3S. The first-order chi connectivity index (χ1) is 9.96. The number of carbonyl (C=O) groups is 1. The molecule has 1 aromatic carbocycles. The van der Waals surface area contributed by atoms with Gasteiger partial charge in [-0.2, -0.15) is 0 Å². The van der Waals surface area contributed by atoms with Gasteiger partial charge in [0.05, 0.1) is 16.3 Å². The second-order valence-corrected chi connectivity index (χ2v) is 6.89. The van der Waals surface area contributed by atoms with E-state index in [1.54, 1.807) is 36.1 Å². The van der Waals surface area contributed by atoms with Gasteiger partial charge in [0, 0.05) is 26.1 Å². The van der Waals surface area contributed by atoms with Crippen LogP contribution in [-0.2, 0) is 14.6 Å². The Morgan fingerprint density at radius 1 is 1.14 bits per heavy atom. The average molecular weight is 312 g/mol. The van der Waals surface area contributed by atoms with Gasteiger partial charge in [0.25, 0.3) is 0 Å². The molecule has 0 aliphatic carbocycles. The summed E-state index contributed by atoms with van der Waals surface area (Å²) in [6, 6.07) is 6.80. The molecule has 0 unspecified atom stereocenters. The Bertz CT molecular complexity index is 566. The minimum absolute atomic E-state index is 0.0596. The van der Waals surface area contributed by atoms with Crippen molar-refractivity contribution >= 4 is 21.4 Å². The highest BCUT2D eigenvalue weighted by atomic mass is 32.2. The fourth-order valence-corrected chi connectivity index (χ4v) is 3.15. The normalized spacial score (nSPS) is 11.2. The number of anilines is 1. The lowest BCUT2D eigenvalue weighted by Gasteiger charge is -2.19. The predicted octanol–water partition coefficient (Wildman–Crippen LogP) is 2.15. The number of hydrogen-bond acceptors (Lipinski definition) is 4. The van der Waals surface area contributed by atoms with Crippen LogP contribution in [0.5, 0.6) is 0 Å². The smallest absolute Gasteiger partial charge is 0.224 e. The first-order valence-electron chi connectivity index (χ1n) is 7.29. The zero-order valence-corrected chi connectivity index (χ0v) is 13.7. The van der Waals surface area contributed by atoms with E-state index in [-0.39, 0.29) is 11.7 Å². The van der Waals surface area contributed by atoms with E-state index >= 15 is 0 Å². The highest BCUT2D eigenvalue weighted by Crippen LogP contribution is 2.21. The Hall–Kier alpha value is -1.56. The number of benzene rings is 1. The lowest BCUT2D eigenvalue weighted by atomic mass is 10.3. The molecule has 0 bridgehead atoms. The third-order valence-electron chi connectivity index (χ3n) is 3.37. The number of nitrogens with one attached hydrogen (secondary N) is 1. The molecule has 0 saturated carbocycles. The number of nitrogens with zero attached hydrogens (tertiary/aromatic N) is 1. The van der Waals surface area contributed by atoms with Gasteiger partial charge in [0.15, 0.2) is 9.84 Å². The van der Waals surface area contributed by atoms with Crippen LogP contribution < -0.4 is 5.32 Å². The lowest BCUT2D eigenvalue weighted by Crippen LogP contribution is -2.31. The third-order valence-corrected chi connectivity index (χ3v) is 5.16. The number of rotatable bonds is 8. The van der Waals surface area contributed by atoms with Crippen molar-refractivity contribution in [2.75, 3.05) is 30.7 Å². The fourth-order valence-electron chi connectivity index (χ4n) is 2.08. The molecule has 0 atom stereocenters. The summed E-state index contributed by atoms with van der Waals surface area (Å²) in [5, 5.41) is 3.06. The number of para-hydroxylation sites is 1. The van der Waals surface area contributed by atoms with Crippen molar-refractivity contribution in [3.05, 3.63) is 24.3 Å². The van der Waals surface area contributed by atoms with Gasteiger partial charge < -0.3 is 10.2 Å². The van der Waals surface area contributed by atoms with Crippen LogP contribution >= 0.6 is 0 Å². The van der Waals surface area contributed by atoms with Crippen LogP contribution in [0, 0.1) is 0 Å². The van der Waals surface area contributed by atoms with E-state index in [0.29, 0.717) is 36.6 Å². The summed E-state index contributed by atoms with van der Waals surface area (Å²) in [5.74, 6) is 0.132. The first kappa shape index (κ1) is 17.5. The van der Waals surface area contributed by atoms with E-state index in [0.717, 1.165) is 0 Å². The number of amides is 1. The minimum atomic E-state index is -3.26. The van der Waals surface area contributed by atoms with Crippen LogP contribution in [0.1, 0.15) is 27.2 Å². The van der Waals surface area contributed by atoms with Gasteiger partial charge in [-0.15, -0.1) is 0 Å². The van der Waals surface area contributed by atoms with Crippen molar-refractivity contribution in [3.8, 4) is 0 Å². The maximum Gasteiger partial charge on any atom is 0.224 e. The molecule has 5 nitrogen and oxygen atoms in total. The minimum Gasteiger partial charge on any atom is -0.383 e. The van der Waals surface area contributed by atoms with Crippen molar-refractivity contribution in [2.24, 2.45) is 0 Å². The largest absolute Gasteiger partial charge is 0.383 e. The number of hydrogen-bond donors (Lipinski definition) is 1. The Kier molecular flexibility index (Phi) is 6.68. The molecule has 21 heavy (non-hydrogen) atoms. The summed E-state index contributed by atoms with van der Waals surface area (Å²) < 4.78 is 24.0. The molecule has 0 aromatic heterocycles. The number of sulfone groups is 1. The van der Waals surface area contributed by atoms with Crippen molar-refractivity contribution in [1.82, 2.24) is 4.90 Å². The van der Waals surface area contributed by atoms with Gasteiger partial charge in [-0.05, 0) is 26.0 Å². The predicted molar refractivity (Wildman–Crippen MR) is 85.2 cm³/mol. The molecule has 0 saturated heterocycles. The fraction of sp³-hybridized carbons (Fsp3) is 0.533. The maximum absolute atomic E-state index is 12.0. The van der Waals surface area contributed by atoms with Crippen LogP contribution in [0.2, 0.25) is 0 Å². The maximum atomic E-state index is 12.0. The molecule has 0 fully saturated rings. The SMILES string of the molecule is CCN(CC)C(=O)CCNc1ccccc1S(=O)(=O)CC. The molecule has 0 aliphatic rings. The first-order valence-corrected chi connectivity index (χ1v) is 8.94. The van der Waals surface area contributed by atoms with E-state index in [2.05, 4.69) is 5.32 Å². The van der Waals surface area contributed by atoms with Gasteiger partial charge in [0.1, 0.15) is 0 Å². The molecule has 1 amide bonds. The summed E-state index contributed by atoms with van der Waals surface area (Å²) in [5.41, 5.74) is 0.562. The summed E-state index contributed by atoms with van der Waals surface area (Å²) >= 11 is 0. The molecule has 0 spiro atoms. The summed E-state index contributed by atoms with van der Waals surface area (Å²) in [4.78, 5) is 14.0. The molecule has 0 radical (unpaired) electrons. The van der Waals surface area contributed by atoms with Crippen molar-refractivity contribution < 1.29 is 13.2 Å². The van der Waals surface area contributed by atoms with E-state index in [1.807, 2.05) is 13.8 Å². The van der Waals surface area contributed by atoms with E-state index < -0.39 is 9.84 Å². The summed E-state index contributed by atoms with van der Waals surface area (Å²) in [7, 11) is -3.26. The highest BCUT2D eigenvalue weighted by molar-refractivity contribution is 7.91. The topological polar surface area (TPSA) is 66.5 Å². The molecule has 6 heteroatoms. The van der Waals surface area contributed by atoms with Gasteiger partial charge in [-0.3, -0.25) is 4.79 Å². The standard InChI is InChI=1S/C15H24N2O3S/c1-4-17(5-2)15(18)11-12-16-13-9-7-8-10-14(13)21(19,20)6-3/h7-10,16H,4-6,11-12H2,1-3H3. The van der Waals surface area contributed by atoms with E-state index in [1.165, 1.54) is 0 Å². The van der Waals surface area contributed by atoms with Crippen LogP contribution in [0.3, 0.4) is 0 Å². The molecule has 0 heterocycles. The number of carbonyl (C=O) groups excluding carboxylic acids is 1. The quantitative estimate of drug-likeness (QED) is 0.799. The Morgan fingerprint density at radius 3 is 2.33 bits per heavy atom. The second-order valence-electron chi connectivity index (χ2n) is 4.64. The third kappa shape index (κ3) is 4.74. The zero-order chi connectivity index (χ0) is 15.9. The highest BCUT2D eigenvalue weighted by Gasteiger charge is 2.16. The van der Waals surface area contributed by atoms with Gasteiger partial charge in [-0.25, -0.2) is 8.42 Å². The molecule has 1 aromatic rings. The Morgan fingerprint density at radius 2 is 1.76 bits per heavy atom. The van der Waals surface area contributed by atoms with Crippen molar-refractivity contribution in [2.45, 2.75) is 32.1 Å².